The molecule has 4 nitrogen and oxygen atoms in total. The highest BCUT2D eigenvalue weighted by atomic mass is 79.9. The van der Waals surface area contributed by atoms with Gasteiger partial charge >= 0.3 is 0 Å². The van der Waals surface area contributed by atoms with Crippen molar-refractivity contribution in [3.05, 3.63) is 63.9 Å². The van der Waals surface area contributed by atoms with Crippen molar-refractivity contribution < 1.29 is 9.63 Å². The second kappa shape index (κ2) is 5.69. The Bertz CT molecular complexity index is 783. The van der Waals surface area contributed by atoms with Crippen molar-refractivity contribution in [2.24, 2.45) is 0 Å². The molecular formula is C16H13BrN2O2. The van der Waals surface area contributed by atoms with E-state index in [4.69, 9.17) is 4.52 Å². The first-order chi connectivity index (χ1) is 10.1. The molecule has 0 fully saturated rings. The number of benzene rings is 2. The van der Waals surface area contributed by atoms with Crippen molar-refractivity contribution in [2.75, 3.05) is 0 Å². The summed E-state index contributed by atoms with van der Waals surface area (Å²) in [6.07, 6.45) is 0.586. The summed E-state index contributed by atoms with van der Waals surface area (Å²) in [7, 11) is 0. The third kappa shape index (κ3) is 2.83. The van der Waals surface area contributed by atoms with Gasteiger partial charge in [-0.3, -0.25) is 0 Å². The fourth-order valence-corrected chi connectivity index (χ4v) is 2.53. The zero-order valence-corrected chi connectivity index (χ0v) is 13.0. The average Bonchev–Trinajstić information content (AvgIpc) is 2.93. The van der Waals surface area contributed by atoms with Gasteiger partial charge in [-0.25, -0.2) is 0 Å². The quantitative estimate of drug-likeness (QED) is 0.776. The summed E-state index contributed by atoms with van der Waals surface area (Å²) in [5.74, 6) is 1.25. The first kappa shape index (κ1) is 13.8. The summed E-state index contributed by atoms with van der Waals surface area (Å²) in [4.78, 5) is 4.41. The van der Waals surface area contributed by atoms with Gasteiger partial charge in [0.2, 0.25) is 0 Å². The summed E-state index contributed by atoms with van der Waals surface area (Å²) in [6.45, 7) is 1.82. The Morgan fingerprint density at radius 1 is 1.14 bits per heavy atom. The van der Waals surface area contributed by atoms with Gasteiger partial charge in [-0.05, 0) is 30.7 Å². The van der Waals surface area contributed by atoms with E-state index in [0.717, 1.165) is 21.2 Å². The molecule has 21 heavy (non-hydrogen) atoms. The van der Waals surface area contributed by atoms with Crippen LogP contribution in [0.3, 0.4) is 0 Å². The van der Waals surface area contributed by atoms with Crippen LogP contribution in [-0.4, -0.2) is 15.2 Å². The molecule has 0 amide bonds. The lowest BCUT2D eigenvalue weighted by molar-refractivity contribution is 0.422. The van der Waals surface area contributed by atoms with Crippen LogP contribution in [0.15, 0.2) is 51.5 Å². The molecule has 5 heteroatoms. The molecule has 0 aliphatic carbocycles. The molecule has 106 valence electrons. The van der Waals surface area contributed by atoms with Crippen LogP contribution in [0.25, 0.3) is 11.5 Å². The van der Waals surface area contributed by atoms with Crippen molar-refractivity contribution in [2.45, 2.75) is 13.3 Å². The maximum Gasteiger partial charge on any atom is 0.258 e. The maximum absolute atomic E-state index is 9.74. The van der Waals surface area contributed by atoms with Crippen molar-refractivity contribution >= 4 is 15.9 Å². The Kier molecular flexibility index (Phi) is 3.75. The zero-order valence-electron chi connectivity index (χ0n) is 11.4. The summed E-state index contributed by atoms with van der Waals surface area (Å²) in [5.41, 5.74) is 2.58. The van der Waals surface area contributed by atoms with Gasteiger partial charge < -0.3 is 9.63 Å². The molecule has 0 aliphatic heterocycles. The number of aromatic hydroxyl groups is 1. The monoisotopic (exact) mass is 344 g/mol. The predicted molar refractivity (Wildman–Crippen MR) is 83.1 cm³/mol. The second-order valence-corrected chi connectivity index (χ2v) is 5.59. The van der Waals surface area contributed by atoms with Gasteiger partial charge in [-0.2, -0.15) is 4.98 Å². The van der Waals surface area contributed by atoms with Gasteiger partial charge in [0.05, 0.1) is 0 Å². The molecule has 0 aliphatic rings. The Labute approximate surface area is 130 Å². The van der Waals surface area contributed by atoms with Gasteiger partial charge in [-0.15, -0.1) is 0 Å². The van der Waals surface area contributed by atoms with Gasteiger partial charge in [0, 0.05) is 22.0 Å². The lowest BCUT2D eigenvalue weighted by Gasteiger charge is -2.02. The number of rotatable bonds is 3. The van der Waals surface area contributed by atoms with Crippen molar-refractivity contribution in [3.8, 4) is 17.2 Å². The molecule has 0 bridgehead atoms. The second-order valence-electron chi connectivity index (χ2n) is 4.73. The minimum Gasteiger partial charge on any atom is -0.508 e. The Morgan fingerprint density at radius 3 is 2.76 bits per heavy atom. The van der Waals surface area contributed by atoms with E-state index in [0.29, 0.717) is 18.1 Å². The first-order valence-electron chi connectivity index (χ1n) is 6.50. The Morgan fingerprint density at radius 2 is 1.95 bits per heavy atom. The van der Waals surface area contributed by atoms with Crippen LogP contribution in [0.1, 0.15) is 17.0 Å². The van der Waals surface area contributed by atoms with Crippen LogP contribution in [0, 0.1) is 6.92 Å². The molecule has 0 saturated heterocycles. The fraction of sp³-hybridized carbons (Fsp3) is 0.125. The van der Waals surface area contributed by atoms with Crippen LogP contribution in [0.2, 0.25) is 0 Å². The third-order valence-corrected chi connectivity index (χ3v) is 4.08. The zero-order chi connectivity index (χ0) is 14.8. The molecule has 0 saturated carbocycles. The fourth-order valence-electron chi connectivity index (χ4n) is 2.10. The Hall–Kier alpha value is -2.14. The highest BCUT2D eigenvalue weighted by Crippen LogP contribution is 2.28. The normalized spacial score (nSPS) is 10.8. The number of phenols is 1. The molecule has 1 N–H and O–H groups in total. The maximum atomic E-state index is 9.74. The van der Waals surface area contributed by atoms with E-state index in [9.17, 15) is 5.11 Å². The minimum atomic E-state index is 0.220. The summed E-state index contributed by atoms with van der Waals surface area (Å²) < 4.78 is 6.33. The highest BCUT2D eigenvalue weighted by Gasteiger charge is 2.13. The largest absolute Gasteiger partial charge is 0.508 e. The lowest BCUT2D eigenvalue weighted by atomic mass is 10.1. The van der Waals surface area contributed by atoms with Gasteiger partial charge in [0.15, 0.2) is 5.82 Å². The average molecular weight is 345 g/mol. The summed E-state index contributed by atoms with van der Waals surface area (Å²) >= 11 is 3.51. The Balaban J connectivity index is 1.90. The van der Waals surface area contributed by atoms with Crippen molar-refractivity contribution in [1.29, 1.82) is 0 Å². The number of phenolic OH excluding ortho intramolecular Hbond substituents is 1. The summed E-state index contributed by atoms with van der Waals surface area (Å²) in [5, 5.41) is 13.8. The van der Waals surface area contributed by atoms with E-state index >= 15 is 0 Å². The molecule has 2 aromatic carbocycles. The minimum absolute atomic E-state index is 0.220. The molecule has 0 radical (unpaired) electrons. The van der Waals surface area contributed by atoms with Crippen LogP contribution in [0.5, 0.6) is 5.75 Å². The number of hydrogen-bond acceptors (Lipinski definition) is 4. The topological polar surface area (TPSA) is 59.2 Å². The van der Waals surface area contributed by atoms with Crippen LogP contribution in [-0.2, 0) is 6.42 Å². The first-order valence-corrected chi connectivity index (χ1v) is 7.29. The molecule has 0 unspecified atom stereocenters. The van der Waals surface area contributed by atoms with Gasteiger partial charge in [-0.1, -0.05) is 45.4 Å². The molecule has 1 heterocycles. The van der Waals surface area contributed by atoms with Crippen LogP contribution in [0.4, 0.5) is 0 Å². The third-order valence-electron chi connectivity index (χ3n) is 3.31. The van der Waals surface area contributed by atoms with E-state index in [-0.39, 0.29) is 5.75 Å². The van der Waals surface area contributed by atoms with E-state index in [1.54, 1.807) is 12.1 Å². The SMILES string of the molecule is Cc1c(O)cccc1-c1nc(Cc2ccccc2Br)no1. The van der Waals surface area contributed by atoms with Crippen molar-refractivity contribution in [3.63, 3.8) is 0 Å². The smallest absolute Gasteiger partial charge is 0.258 e. The van der Waals surface area contributed by atoms with Gasteiger partial charge in [0.1, 0.15) is 5.75 Å². The van der Waals surface area contributed by atoms with Crippen LogP contribution >= 0.6 is 15.9 Å². The number of aromatic nitrogens is 2. The van der Waals surface area contributed by atoms with E-state index < -0.39 is 0 Å². The van der Waals surface area contributed by atoms with E-state index in [1.165, 1.54) is 0 Å². The molecule has 3 rings (SSSR count). The number of halogens is 1. The highest BCUT2D eigenvalue weighted by molar-refractivity contribution is 9.10. The molecule has 0 spiro atoms. The molecule has 3 aromatic rings. The number of hydrogen-bond donors (Lipinski definition) is 1. The van der Waals surface area contributed by atoms with E-state index in [1.807, 2.05) is 37.3 Å². The number of nitrogens with zero attached hydrogens (tertiary/aromatic N) is 2. The molecule has 1 aromatic heterocycles. The molecular weight excluding hydrogens is 332 g/mol. The van der Waals surface area contributed by atoms with E-state index in [2.05, 4.69) is 26.1 Å². The standard InChI is InChI=1S/C16H13BrN2O2/c1-10-12(6-4-8-14(10)20)16-18-15(19-21-16)9-11-5-2-3-7-13(11)17/h2-8,20H,9H2,1H3. The predicted octanol–water partition coefficient (Wildman–Crippen LogP) is 4.10. The lowest BCUT2D eigenvalue weighted by Crippen LogP contribution is -1.92. The van der Waals surface area contributed by atoms with Crippen LogP contribution < -0.4 is 0 Å². The summed E-state index contributed by atoms with van der Waals surface area (Å²) in [6, 6.07) is 13.2. The van der Waals surface area contributed by atoms with Gasteiger partial charge in [0.25, 0.3) is 5.89 Å². The molecule has 0 atom stereocenters. The van der Waals surface area contributed by atoms with Crippen molar-refractivity contribution in [1.82, 2.24) is 10.1 Å².